The number of anilines is 1. The maximum Gasteiger partial charge on any atom is 0.0350 e. The van der Waals surface area contributed by atoms with Gasteiger partial charge in [0, 0.05) is 17.0 Å². The average molecular weight is 189 g/mol. The van der Waals surface area contributed by atoms with Gasteiger partial charge in [0.2, 0.25) is 0 Å². The first-order valence-electron chi connectivity index (χ1n) is 4.22. The summed E-state index contributed by atoms with van der Waals surface area (Å²) in [5.74, 6) is 0. The molecule has 0 fully saturated rings. The minimum absolute atomic E-state index is 0.885. The van der Waals surface area contributed by atoms with Crippen molar-refractivity contribution >= 4 is 17.0 Å². The van der Waals surface area contributed by atoms with E-state index in [2.05, 4.69) is 23.6 Å². The van der Waals surface area contributed by atoms with Crippen molar-refractivity contribution in [3.05, 3.63) is 52.2 Å². The van der Waals surface area contributed by atoms with Gasteiger partial charge < -0.3 is 5.73 Å². The Morgan fingerprint density at radius 3 is 2.62 bits per heavy atom. The van der Waals surface area contributed by atoms with Crippen LogP contribution in [0.3, 0.4) is 0 Å². The largest absolute Gasteiger partial charge is 0.398 e. The van der Waals surface area contributed by atoms with E-state index in [1.807, 2.05) is 18.2 Å². The molecule has 0 aliphatic carbocycles. The van der Waals surface area contributed by atoms with Gasteiger partial charge in [-0.2, -0.15) is 0 Å². The minimum atomic E-state index is 0.885. The topological polar surface area (TPSA) is 26.0 Å². The van der Waals surface area contributed by atoms with Crippen LogP contribution in [0.1, 0.15) is 10.4 Å². The number of hydrogen-bond donors (Lipinski definition) is 1. The van der Waals surface area contributed by atoms with Gasteiger partial charge in [0.1, 0.15) is 0 Å². The Morgan fingerprint density at radius 2 is 1.92 bits per heavy atom. The second-order valence-electron chi connectivity index (χ2n) is 2.95. The molecule has 1 nitrogen and oxygen atoms in total. The fourth-order valence-electron chi connectivity index (χ4n) is 1.30. The molecule has 0 aliphatic heterocycles. The Morgan fingerprint density at radius 1 is 1.08 bits per heavy atom. The molecule has 2 aromatic rings. The predicted octanol–water partition coefficient (Wildman–Crippen LogP) is 2.92. The summed E-state index contributed by atoms with van der Waals surface area (Å²) >= 11 is 1.77. The number of benzene rings is 1. The van der Waals surface area contributed by atoms with E-state index in [-0.39, 0.29) is 0 Å². The number of para-hydroxylation sites is 1. The number of rotatable bonds is 2. The van der Waals surface area contributed by atoms with Gasteiger partial charge in [0.25, 0.3) is 0 Å². The SMILES string of the molecule is Nc1ccccc1Cc1cccs1. The molecule has 1 aromatic carbocycles. The van der Waals surface area contributed by atoms with E-state index >= 15 is 0 Å². The second-order valence-corrected chi connectivity index (χ2v) is 3.99. The van der Waals surface area contributed by atoms with Crippen LogP contribution in [-0.2, 0) is 6.42 Å². The number of thiophene rings is 1. The van der Waals surface area contributed by atoms with Crippen LogP contribution in [0.15, 0.2) is 41.8 Å². The first-order chi connectivity index (χ1) is 6.36. The first kappa shape index (κ1) is 8.32. The predicted molar refractivity (Wildman–Crippen MR) is 58.0 cm³/mol. The van der Waals surface area contributed by atoms with Crippen LogP contribution in [0.2, 0.25) is 0 Å². The van der Waals surface area contributed by atoms with Crippen molar-refractivity contribution in [3.8, 4) is 0 Å². The average Bonchev–Trinajstić information content (AvgIpc) is 2.61. The number of nitrogen functional groups attached to an aromatic ring is 1. The molecule has 1 aromatic heterocycles. The molecule has 13 heavy (non-hydrogen) atoms. The summed E-state index contributed by atoms with van der Waals surface area (Å²) in [7, 11) is 0. The summed E-state index contributed by atoms with van der Waals surface area (Å²) in [5, 5.41) is 2.09. The van der Waals surface area contributed by atoms with Gasteiger partial charge in [-0.15, -0.1) is 11.3 Å². The molecule has 0 aliphatic rings. The van der Waals surface area contributed by atoms with Crippen molar-refractivity contribution in [2.45, 2.75) is 6.42 Å². The Labute approximate surface area is 81.8 Å². The zero-order valence-electron chi connectivity index (χ0n) is 7.23. The normalized spacial score (nSPS) is 10.2. The molecular formula is C11H11NS. The first-order valence-corrected chi connectivity index (χ1v) is 5.10. The highest BCUT2D eigenvalue weighted by molar-refractivity contribution is 7.09. The highest BCUT2D eigenvalue weighted by atomic mass is 32.1. The van der Waals surface area contributed by atoms with Crippen molar-refractivity contribution in [2.24, 2.45) is 0 Å². The third kappa shape index (κ3) is 1.90. The summed E-state index contributed by atoms with van der Waals surface area (Å²) in [6.45, 7) is 0. The highest BCUT2D eigenvalue weighted by Crippen LogP contribution is 2.18. The van der Waals surface area contributed by atoms with Gasteiger partial charge in [0.05, 0.1) is 0 Å². The number of hydrogen-bond acceptors (Lipinski definition) is 2. The quantitative estimate of drug-likeness (QED) is 0.722. The molecule has 0 radical (unpaired) electrons. The molecule has 0 unspecified atom stereocenters. The van der Waals surface area contributed by atoms with Crippen LogP contribution < -0.4 is 5.73 Å². The van der Waals surface area contributed by atoms with E-state index in [0.29, 0.717) is 0 Å². The standard InChI is InChI=1S/C11H11NS/c12-11-6-2-1-4-9(11)8-10-5-3-7-13-10/h1-7H,8,12H2. The maximum atomic E-state index is 5.84. The highest BCUT2D eigenvalue weighted by Gasteiger charge is 1.99. The zero-order chi connectivity index (χ0) is 9.10. The monoisotopic (exact) mass is 189 g/mol. The van der Waals surface area contributed by atoms with E-state index in [0.717, 1.165) is 12.1 Å². The van der Waals surface area contributed by atoms with Gasteiger partial charge in [-0.1, -0.05) is 24.3 Å². The fourth-order valence-corrected chi connectivity index (χ4v) is 2.02. The van der Waals surface area contributed by atoms with Gasteiger partial charge in [-0.3, -0.25) is 0 Å². The van der Waals surface area contributed by atoms with Crippen LogP contribution >= 0.6 is 11.3 Å². The lowest BCUT2D eigenvalue weighted by Crippen LogP contribution is -1.93. The molecule has 0 amide bonds. The molecular weight excluding hydrogens is 178 g/mol. The lowest BCUT2D eigenvalue weighted by molar-refractivity contribution is 1.25. The number of nitrogens with two attached hydrogens (primary N) is 1. The molecule has 2 heteroatoms. The smallest absolute Gasteiger partial charge is 0.0350 e. The Bertz CT molecular complexity index is 379. The summed E-state index contributed by atoms with van der Waals surface area (Å²) in [4.78, 5) is 1.36. The Hall–Kier alpha value is -1.28. The third-order valence-corrected chi connectivity index (χ3v) is 2.88. The zero-order valence-corrected chi connectivity index (χ0v) is 8.05. The van der Waals surface area contributed by atoms with E-state index in [9.17, 15) is 0 Å². The molecule has 0 saturated carbocycles. The van der Waals surface area contributed by atoms with Crippen LogP contribution in [0, 0.1) is 0 Å². The summed E-state index contributed by atoms with van der Waals surface area (Å²) in [5.41, 5.74) is 7.94. The molecule has 2 N–H and O–H groups in total. The van der Waals surface area contributed by atoms with Gasteiger partial charge >= 0.3 is 0 Å². The van der Waals surface area contributed by atoms with Crippen LogP contribution in [0.25, 0.3) is 0 Å². The molecule has 66 valence electrons. The van der Waals surface area contributed by atoms with E-state index < -0.39 is 0 Å². The maximum absolute atomic E-state index is 5.84. The molecule has 2 rings (SSSR count). The van der Waals surface area contributed by atoms with Crippen molar-refractivity contribution < 1.29 is 0 Å². The van der Waals surface area contributed by atoms with E-state index in [4.69, 9.17) is 5.73 Å². The van der Waals surface area contributed by atoms with Gasteiger partial charge in [0.15, 0.2) is 0 Å². The van der Waals surface area contributed by atoms with Crippen molar-refractivity contribution in [3.63, 3.8) is 0 Å². The van der Waals surface area contributed by atoms with Crippen LogP contribution in [-0.4, -0.2) is 0 Å². The summed E-state index contributed by atoms with van der Waals surface area (Å²) in [6.07, 6.45) is 0.949. The van der Waals surface area contributed by atoms with Crippen molar-refractivity contribution in [2.75, 3.05) is 5.73 Å². The lowest BCUT2D eigenvalue weighted by atomic mass is 10.1. The van der Waals surface area contributed by atoms with Crippen molar-refractivity contribution in [1.82, 2.24) is 0 Å². The lowest BCUT2D eigenvalue weighted by Gasteiger charge is -2.02. The van der Waals surface area contributed by atoms with E-state index in [1.165, 1.54) is 10.4 Å². The summed E-state index contributed by atoms with van der Waals surface area (Å²) < 4.78 is 0. The van der Waals surface area contributed by atoms with Gasteiger partial charge in [-0.05, 0) is 23.1 Å². The Balaban J connectivity index is 2.24. The minimum Gasteiger partial charge on any atom is -0.398 e. The Kier molecular flexibility index (Phi) is 2.32. The third-order valence-electron chi connectivity index (χ3n) is 2.00. The van der Waals surface area contributed by atoms with E-state index in [1.54, 1.807) is 11.3 Å². The second kappa shape index (κ2) is 3.62. The molecule has 1 heterocycles. The molecule has 0 spiro atoms. The molecule has 0 bridgehead atoms. The van der Waals surface area contributed by atoms with Gasteiger partial charge in [-0.25, -0.2) is 0 Å². The van der Waals surface area contributed by atoms with Crippen molar-refractivity contribution in [1.29, 1.82) is 0 Å². The van der Waals surface area contributed by atoms with Crippen LogP contribution in [0.4, 0.5) is 5.69 Å². The molecule has 0 saturated heterocycles. The van der Waals surface area contributed by atoms with Crippen LogP contribution in [0.5, 0.6) is 0 Å². The fraction of sp³-hybridized carbons (Fsp3) is 0.0909. The summed E-state index contributed by atoms with van der Waals surface area (Å²) in [6, 6.07) is 12.2. The molecule has 0 atom stereocenters.